The zero-order valence-electron chi connectivity index (χ0n) is 17.1. The quantitative estimate of drug-likeness (QED) is 0.734. The second-order valence-electron chi connectivity index (χ2n) is 6.46. The molecule has 9 nitrogen and oxygen atoms in total. The van der Waals surface area contributed by atoms with E-state index in [1.165, 1.54) is 7.11 Å². The minimum Gasteiger partial charge on any atom is -0.493 e. The highest BCUT2D eigenvalue weighted by Crippen LogP contribution is 2.40. The van der Waals surface area contributed by atoms with Crippen molar-refractivity contribution in [3.05, 3.63) is 17.7 Å². The molecule has 1 atom stereocenters. The molecule has 0 saturated carbocycles. The summed E-state index contributed by atoms with van der Waals surface area (Å²) >= 11 is 0. The normalized spacial score (nSPS) is 16.2. The van der Waals surface area contributed by atoms with E-state index in [4.69, 9.17) is 14.2 Å². The van der Waals surface area contributed by atoms with Gasteiger partial charge in [-0.1, -0.05) is 6.07 Å². The third-order valence-corrected chi connectivity index (χ3v) is 4.92. The molecular formula is C19H29N3O6. The maximum absolute atomic E-state index is 12.1. The summed E-state index contributed by atoms with van der Waals surface area (Å²) < 4.78 is 20.8. The van der Waals surface area contributed by atoms with Gasteiger partial charge in [0.05, 0.1) is 34.5 Å². The molecule has 2 rings (SSSR count). The number of carbonyl (C=O) groups is 2. The molecule has 1 fully saturated rings. The molecule has 1 aromatic carbocycles. The molecule has 0 bridgehead atoms. The number of ether oxygens (including phenoxy) is 4. The van der Waals surface area contributed by atoms with Gasteiger partial charge in [-0.15, -0.1) is 0 Å². The van der Waals surface area contributed by atoms with E-state index in [1.54, 1.807) is 28.3 Å². The Hall–Kier alpha value is -2.52. The number of nitrogens with zero attached hydrogens (tertiary/aromatic N) is 2. The number of hydrogen-bond donors (Lipinski definition) is 1. The molecule has 0 aliphatic carbocycles. The number of alkyl carbamates (subject to hydrolysis) is 1. The van der Waals surface area contributed by atoms with Crippen molar-refractivity contribution in [2.24, 2.45) is 0 Å². The van der Waals surface area contributed by atoms with E-state index in [1.807, 2.05) is 17.0 Å². The number of benzene rings is 1. The number of amides is 2. The Labute approximate surface area is 165 Å². The highest BCUT2D eigenvalue weighted by atomic mass is 16.5. The van der Waals surface area contributed by atoms with Crippen LogP contribution in [0.4, 0.5) is 4.79 Å². The van der Waals surface area contributed by atoms with Crippen LogP contribution in [0.2, 0.25) is 0 Å². The smallest absolute Gasteiger partial charge is 0.413 e. The monoisotopic (exact) mass is 395 g/mol. The summed E-state index contributed by atoms with van der Waals surface area (Å²) in [6.07, 6.45) is -0.740. The Morgan fingerprint density at radius 1 is 1.00 bits per heavy atom. The van der Waals surface area contributed by atoms with E-state index in [2.05, 4.69) is 15.0 Å². The second-order valence-corrected chi connectivity index (χ2v) is 6.46. The summed E-state index contributed by atoms with van der Waals surface area (Å²) in [4.78, 5) is 27.6. The lowest BCUT2D eigenvalue weighted by molar-refractivity contribution is -0.125. The molecular weight excluding hydrogens is 366 g/mol. The number of carbonyl (C=O) groups excluding carboxylic acids is 2. The van der Waals surface area contributed by atoms with E-state index in [0.717, 1.165) is 18.7 Å². The second kappa shape index (κ2) is 10.1. The van der Waals surface area contributed by atoms with Gasteiger partial charge >= 0.3 is 6.09 Å². The van der Waals surface area contributed by atoms with Gasteiger partial charge in [0.2, 0.25) is 11.7 Å². The third kappa shape index (κ3) is 5.05. The average molecular weight is 395 g/mol. The molecule has 1 saturated heterocycles. The van der Waals surface area contributed by atoms with Crippen molar-refractivity contribution in [2.75, 3.05) is 54.6 Å². The van der Waals surface area contributed by atoms with Crippen molar-refractivity contribution >= 4 is 12.0 Å². The molecule has 28 heavy (non-hydrogen) atoms. The molecule has 0 spiro atoms. The Kier molecular flexibility index (Phi) is 7.89. The van der Waals surface area contributed by atoms with Crippen LogP contribution in [0.5, 0.6) is 17.2 Å². The van der Waals surface area contributed by atoms with Crippen LogP contribution in [0.25, 0.3) is 0 Å². The van der Waals surface area contributed by atoms with E-state index >= 15 is 0 Å². The van der Waals surface area contributed by atoms with Gasteiger partial charge in [-0.3, -0.25) is 19.9 Å². The van der Waals surface area contributed by atoms with Crippen LogP contribution in [0.1, 0.15) is 12.5 Å². The van der Waals surface area contributed by atoms with Crippen LogP contribution in [0.15, 0.2) is 12.1 Å². The van der Waals surface area contributed by atoms with E-state index in [0.29, 0.717) is 36.9 Å². The molecule has 1 aromatic rings. The van der Waals surface area contributed by atoms with Crippen molar-refractivity contribution in [1.82, 2.24) is 15.1 Å². The van der Waals surface area contributed by atoms with Gasteiger partial charge in [0, 0.05) is 38.3 Å². The first-order valence-corrected chi connectivity index (χ1v) is 9.08. The highest BCUT2D eigenvalue weighted by molar-refractivity contribution is 5.94. The minimum absolute atomic E-state index is 0.359. The molecule has 1 aliphatic rings. The largest absolute Gasteiger partial charge is 0.493 e. The summed E-state index contributed by atoms with van der Waals surface area (Å²) in [5.74, 6) is 1.50. The van der Waals surface area contributed by atoms with Crippen LogP contribution >= 0.6 is 0 Å². The van der Waals surface area contributed by atoms with E-state index < -0.39 is 12.1 Å². The van der Waals surface area contributed by atoms with Crippen LogP contribution in [-0.4, -0.2) is 82.5 Å². The lowest BCUT2D eigenvalue weighted by Gasteiger charge is -2.37. The van der Waals surface area contributed by atoms with E-state index in [-0.39, 0.29) is 5.91 Å². The van der Waals surface area contributed by atoms with Gasteiger partial charge < -0.3 is 18.9 Å². The van der Waals surface area contributed by atoms with Crippen LogP contribution < -0.4 is 19.5 Å². The number of piperazine rings is 1. The van der Waals surface area contributed by atoms with Crippen molar-refractivity contribution in [3.63, 3.8) is 0 Å². The lowest BCUT2D eigenvalue weighted by Crippen LogP contribution is -2.54. The van der Waals surface area contributed by atoms with Gasteiger partial charge in [0.25, 0.3) is 0 Å². The zero-order chi connectivity index (χ0) is 20.7. The zero-order valence-corrected chi connectivity index (χ0v) is 17.1. The summed E-state index contributed by atoms with van der Waals surface area (Å²) in [6.45, 7) is 5.48. The predicted molar refractivity (Wildman–Crippen MR) is 103 cm³/mol. The molecule has 1 heterocycles. The van der Waals surface area contributed by atoms with Crippen molar-refractivity contribution in [2.45, 2.75) is 19.5 Å². The molecule has 1 N–H and O–H groups in total. The van der Waals surface area contributed by atoms with Crippen LogP contribution in [-0.2, 0) is 16.1 Å². The maximum atomic E-state index is 12.1. The van der Waals surface area contributed by atoms with Crippen molar-refractivity contribution in [1.29, 1.82) is 0 Å². The molecule has 156 valence electrons. The fourth-order valence-electron chi connectivity index (χ4n) is 3.26. The number of nitrogens with one attached hydrogen (secondary N) is 1. The topological polar surface area (TPSA) is 89.6 Å². The lowest BCUT2D eigenvalue weighted by atomic mass is 10.1. The van der Waals surface area contributed by atoms with Gasteiger partial charge in [-0.25, -0.2) is 4.79 Å². The van der Waals surface area contributed by atoms with Crippen LogP contribution in [0, 0.1) is 0 Å². The minimum atomic E-state index is -0.740. The van der Waals surface area contributed by atoms with E-state index in [9.17, 15) is 9.59 Å². The van der Waals surface area contributed by atoms with Gasteiger partial charge in [0.1, 0.15) is 0 Å². The SMILES string of the molecule is COC(=O)NC(=O)[C@@H](C)N1CCN(Cc2ccc(OC)c(OC)c2OC)CC1. The molecule has 0 unspecified atom stereocenters. The predicted octanol–water partition coefficient (Wildman–Crippen LogP) is 1.10. The number of imide groups is 1. The molecule has 2 amide bonds. The number of hydrogen-bond acceptors (Lipinski definition) is 8. The first-order valence-electron chi connectivity index (χ1n) is 9.08. The molecule has 1 aliphatic heterocycles. The number of methoxy groups -OCH3 is 4. The molecule has 9 heteroatoms. The first kappa shape index (κ1) is 21.8. The maximum Gasteiger partial charge on any atom is 0.413 e. The first-order chi connectivity index (χ1) is 13.4. The summed E-state index contributed by atoms with van der Waals surface area (Å²) in [5, 5.41) is 2.22. The summed E-state index contributed by atoms with van der Waals surface area (Å²) in [5.41, 5.74) is 1.00. The van der Waals surface area contributed by atoms with Gasteiger partial charge in [0.15, 0.2) is 11.5 Å². The standard InChI is InChI=1S/C19H29N3O6/c1-13(18(23)20-19(24)28-5)22-10-8-21(9-11-22)12-14-6-7-15(25-2)17(27-4)16(14)26-3/h6-7,13H,8-12H2,1-5H3,(H,20,23,24)/t13-/m1/s1. The Morgan fingerprint density at radius 3 is 2.18 bits per heavy atom. The Bertz CT molecular complexity index is 688. The Balaban J connectivity index is 1.97. The summed E-state index contributed by atoms with van der Waals surface area (Å²) in [6, 6.07) is 3.43. The van der Waals surface area contributed by atoms with Crippen LogP contribution in [0.3, 0.4) is 0 Å². The fraction of sp³-hybridized carbons (Fsp3) is 0.579. The number of rotatable bonds is 7. The Morgan fingerprint density at radius 2 is 1.64 bits per heavy atom. The fourth-order valence-corrected chi connectivity index (χ4v) is 3.26. The van der Waals surface area contributed by atoms with Gasteiger partial charge in [-0.2, -0.15) is 0 Å². The third-order valence-electron chi connectivity index (χ3n) is 4.92. The molecule has 0 radical (unpaired) electrons. The molecule has 0 aromatic heterocycles. The highest BCUT2D eigenvalue weighted by Gasteiger charge is 2.27. The summed E-state index contributed by atoms with van der Waals surface area (Å²) in [7, 11) is 6.02. The van der Waals surface area contributed by atoms with Gasteiger partial charge in [-0.05, 0) is 13.0 Å². The van der Waals surface area contributed by atoms with Crippen molar-refractivity contribution in [3.8, 4) is 17.2 Å². The average Bonchev–Trinajstić information content (AvgIpc) is 2.72. The van der Waals surface area contributed by atoms with Crippen molar-refractivity contribution < 1.29 is 28.5 Å².